The second-order valence-electron chi connectivity index (χ2n) is 3.29. The maximum atomic E-state index is 9.79. The molecule has 0 aliphatic carbocycles. The smallest absolute Gasteiger partial charge is 0.134 e. The van der Waals surface area contributed by atoms with Crippen LogP contribution >= 0.6 is 11.6 Å². The first-order valence-corrected chi connectivity index (χ1v) is 5.15. The lowest BCUT2D eigenvalue weighted by molar-refractivity contribution is 0.0139. The summed E-state index contributed by atoms with van der Waals surface area (Å²) < 4.78 is 0. The zero-order chi connectivity index (χ0) is 11.3. The molecule has 84 valence electrons. The Bertz CT molecular complexity index is 309. The van der Waals surface area contributed by atoms with Crippen LogP contribution in [-0.2, 0) is 0 Å². The maximum Gasteiger partial charge on any atom is 0.134 e. The Morgan fingerprint density at radius 3 is 2.87 bits per heavy atom. The van der Waals surface area contributed by atoms with Crippen molar-refractivity contribution in [3.63, 3.8) is 0 Å². The van der Waals surface area contributed by atoms with Crippen molar-refractivity contribution in [1.82, 2.24) is 10.3 Å². The molecule has 3 N–H and O–H groups in total. The molecule has 0 aliphatic rings. The molecule has 0 fully saturated rings. The highest BCUT2D eigenvalue weighted by atomic mass is 35.5. The minimum Gasteiger partial charge on any atom is -0.390 e. The van der Waals surface area contributed by atoms with Gasteiger partial charge in [-0.25, -0.2) is 4.98 Å². The average molecular weight is 231 g/mol. The van der Waals surface area contributed by atoms with Gasteiger partial charge in [0, 0.05) is 11.8 Å². The average Bonchev–Trinajstić information content (AvgIpc) is 2.25. The number of rotatable bonds is 5. The first-order chi connectivity index (χ1) is 7.16. The van der Waals surface area contributed by atoms with Crippen molar-refractivity contribution in [3.05, 3.63) is 29.0 Å². The third-order valence-electron chi connectivity index (χ3n) is 2.16. The standard InChI is InChI=1S/C10H15ClN2O2/c1-12-6-4-8(14)9(15)7-3-2-5-13-10(7)11/h2-3,5,8-9,12,14-15H,4,6H2,1H3. The van der Waals surface area contributed by atoms with Crippen LogP contribution in [0.25, 0.3) is 0 Å². The monoisotopic (exact) mass is 230 g/mol. The predicted octanol–water partition coefficient (Wildman–Crippen LogP) is 0.739. The van der Waals surface area contributed by atoms with Gasteiger partial charge in [0.2, 0.25) is 0 Å². The largest absolute Gasteiger partial charge is 0.390 e. The summed E-state index contributed by atoms with van der Waals surface area (Å²) in [6, 6.07) is 3.33. The Hall–Kier alpha value is -0.680. The normalized spacial score (nSPS) is 14.9. The molecule has 0 amide bonds. The van der Waals surface area contributed by atoms with Crippen molar-refractivity contribution in [1.29, 1.82) is 0 Å². The van der Waals surface area contributed by atoms with Crippen LogP contribution in [0, 0.1) is 0 Å². The minimum absolute atomic E-state index is 0.230. The Morgan fingerprint density at radius 2 is 2.27 bits per heavy atom. The van der Waals surface area contributed by atoms with E-state index in [4.69, 9.17) is 11.6 Å². The predicted molar refractivity (Wildman–Crippen MR) is 58.8 cm³/mol. The molecule has 4 nitrogen and oxygen atoms in total. The Kier molecular flexibility index (Phi) is 4.98. The molecular formula is C10H15ClN2O2. The van der Waals surface area contributed by atoms with Gasteiger partial charge in [0.05, 0.1) is 6.10 Å². The van der Waals surface area contributed by atoms with Crippen molar-refractivity contribution < 1.29 is 10.2 Å². The van der Waals surface area contributed by atoms with Crippen LogP contribution in [-0.4, -0.2) is 34.9 Å². The fraction of sp³-hybridized carbons (Fsp3) is 0.500. The molecule has 1 heterocycles. The number of aliphatic hydroxyl groups excluding tert-OH is 2. The summed E-state index contributed by atoms with van der Waals surface area (Å²) >= 11 is 5.80. The van der Waals surface area contributed by atoms with E-state index < -0.39 is 12.2 Å². The van der Waals surface area contributed by atoms with E-state index in [0.29, 0.717) is 18.5 Å². The molecule has 0 bridgehead atoms. The van der Waals surface area contributed by atoms with E-state index in [9.17, 15) is 10.2 Å². The third kappa shape index (κ3) is 3.43. The number of hydrogen-bond donors (Lipinski definition) is 3. The van der Waals surface area contributed by atoms with E-state index in [1.54, 1.807) is 25.4 Å². The van der Waals surface area contributed by atoms with Crippen LogP contribution in [0.2, 0.25) is 5.15 Å². The van der Waals surface area contributed by atoms with Gasteiger partial charge in [-0.15, -0.1) is 0 Å². The fourth-order valence-corrected chi connectivity index (χ4v) is 1.51. The van der Waals surface area contributed by atoms with Crippen molar-refractivity contribution in [2.45, 2.75) is 18.6 Å². The van der Waals surface area contributed by atoms with Crippen molar-refractivity contribution in [2.75, 3.05) is 13.6 Å². The Balaban J connectivity index is 2.67. The molecule has 1 rings (SSSR count). The molecule has 0 radical (unpaired) electrons. The summed E-state index contributed by atoms with van der Waals surface area (Å²) in [6.45, 7) is 0.635. The number of halogens is 1. The van der Waals surface area contributed by atoms with Crippen molar-refractivity contribution in [3.8, 4) is 0 Å². The van der Waals surface area contributed by atoms with Crippen LogP contribution in [0.1, 0.15) is 18.1 Å². The SMILES string of the molecule is CNCCC(O)C(O)c1cccnc1Cl. The second kappa shape index (κ2) is 6.02. The van der Waals surface area contributed by atoms with Gasteiger partial charge in [-0.3, -0.25) is 0 Å². The van der Waals surface area contributed by atoms with Crippen LogP contribution in [0.15, 0.2) is 18.3 Å². The van der Waals surface area contributed by atoms with E-state index in [-0.39, 0.29) is 5.15 Å². The zero-order valence-corrected chi connectivity index (χ0v) is 9.28. The van der Waals surface area contributed by atoms with E-state index >= 15 is 0 Å². The number of nitrogens with zero attached hydrogens (tertiary/aromatic N) is 1. The van der Waals surface area contributed by atoms with E-state index in [1.807, 2.05) is 0 Å². The number of pyridine rings is 1. The second-order valence-corrected chi connectivity index (χ2v) is 3.65. The topological polar surface area (TPSA) is 65.4 Å². The van der Waals surface area contributed by atoms with E-state index in [0.717, 1.165) is 0 Å². The molecule has 0 saturated heterocycles. The van der Waals surface area contributed by atoms with Crippen LogP contribution in [0.3, 0.4) is 0 Å². The van der Waals surface area contributed by atoms with Gasteiger partial charge in [0.1, 0.15) is 11.3 Å². The highest BCUT2D eigenvalue weighted by Crippen LogP contribution is 2.24. The van der Waals surface area contributed by atoms with Crippen molar-refractivity contribution >= 4 is 11.6 Å². The van der Waals surface area contributed by atoms with Crippen LogP contribution in [0.5, 0.6) is 0 Å². The molecule has 5 heteroatoms. The summed E-state index contributed by atoms with van der Waals surface area (Å²) in [7, 11) is 1.79. The lowest BCUT2D eigenvalue weighted by atomic mass is 10.0. The number of aliphatic hydroxyl groups is 2. The van der Waals surface area contributed by atoms with Gasteiger partial charge in [0.25, 0.3) is 0 Å². The van der Waals surface area contributed by atoms with Gasteiger partial charge < -0.3 is 15.5 Å². The van der Waals surface area contributed by atoms with E-state index in [1.165, 1.54) is 0 Å². The summed E-state index contributed by atoms with van der Waals surface area (Å²) in [4.78, 5) is 3.84. The molecule has 2 unspecified atom stereocenters. The summed E-state index contributed by atoms with van der Waals surface area (Å²) in [6.07, 6.45) is 0.181. The fourth-order valence-electron chi connectivity index (χ4n) is 1.28. The Labute approximate surface area is 93.9 Å². The zero-order valence-electron chi connectivity index (χ0n) is 8.52. The summed E-state index contributed by atoms with van der Waals surface area (Å²) in [5, 5.41) is 22.6. The lowest BCUT2D eigenvalue weighted by Gasteiger charge is -2.18. The first kappa shape index (κ1) is 12.4. The molecule has 0 spiro atoms. The summed E-state index contributed by atoms with van der Waals surface area (Å²) in [5.74, 6) is 0. The molecule has 2 atom stereocenters. The molecule has 0 aliphatic heterocycles. The molecule has 1 aromatic rings. The van der Waals surface area contributed by atoms with Gasteiger partial charge in [0.15, 0.2) is 0 Å². The van der Waals surface area contributed by atoms with Crippen molar-refractivity contribution in [2.24, 2.45) is 0 Å². The number of nitrogens with one attached hydrogen (secondary N) is 1. The maximum absolute atomic E-state index is 9.79. The highest BCUT2D eigenvalue weighted by molar-refractivity contribution is 6.30. The molecule has 0 aromatic carbocycles. The Morgan fingerprint density at radius 1 is 1.53 bits per heavy atom. The molecule has 1 aromatic heterocycles. The molecular weight excluding hydrogens is 216 g/mol. The lowest BCUT2D eigenvalue weighted by Crippen LogP contribution is -2.23. The minimum atomic E-state index is -0.987. The van der Waals surface area contributed by atoms with Gasteiger partial charge in [-0.1, -0.05) is 17.7 Å². The first-order valence-electron chi connectivity index (χ1n) is 4.78. The third-order valence-corrected chi connectivity index (χ3v) is 2.48. The van der Waals surface area contributed by atoms with Gasteiger partial charge in [-0.05, 0) is 26.1 Å². The highest BCUT2D eigenvalue weighted by Gasteiger charge is 2.20. The number of hydrogen-bond acceptors (Lipinski definition) is 4. The summed E-state index contributed by atoms with van der Waals surface area (Å²) in [5.41, 5.74) is 0.461. The van der Waals surface area contributed by atoms with Crippen LogP contribution in [0.4, 0.5) is 0 Å². The molecule has 0 saturated carbocycles. The van der Waals surface area contributed by atoms with Crippen LogP contribution < -0.4 is 5.32 Å². The van der Waals surface area contributed by atoms with Gasteiger partial charge >= 0.3 is 0 Å². The number of aromatic nitrogens is 1. The van der Waals surface area contributed by atoms with Gasteiger partial charge in [-0.2, -0.15) is 0 Å². The quantitative estimate of drug-likeness (QED) is 0.653. The molecule has 15 heavy (non-hydrogen) atoms. The van der Waals surface area contributed by atoms with E-state index in [2.05, 4.69) is 10.3 Å².